The van der Waals surface area contributed by atoms with Crippen LogP contribution < -0.4 is 10.2 Å². The monoisotopic (exact) mass is 367 g/mol. The number of rotatable bonds is 4. The number of nitriles is 1. The predicted octanol–water partition coefficient (Wildman–Crippen LogP) is 4.05. The van der Waals surface area contributed by atoms with Gasteiger partial charge in [-0.05, 0) is 43.5 Å². The van der Waals surface area contributed by atoms with Crippen LogP contribution in [0.3, 0.4) is 0 Å². The van der Waals surface area contributed by atoms with Crippen LogP contribution in [-0.4, -0.2) is 19.0 Å². The fraction of sp³-hybridized carbons (Fsp3) is 0.333. The van der Waals surface area contributed by atoms with Gasteiger partial charge in [0, 0.05) is 30.6 Å². The quantitative estimate of drug-likeness (QED) is 0.886. The second kappa shape index (κ2) is 8.25. The molecule has 26 heavy (non-hydrogen) atoms. The molecule has 0 radical (unpaired) electrons. The highest BCUT2D eigenvalue weighted by atomic mass is 35.5. The van der Waals surface area contributed by atoms with Crippen LogP contribution in [0, 0.1) is 24.2 Å². The maximum Gasteiger partial charge on any atom is 0.223 e. The van der Waals surface area contributed by atoms with E-state index in [9.17, 15) is 10.1 Å². The fourth-order valence-corrected chi connectivity index (χ4v) is 3.47. The topological polar surface area (TPSA) is 56.1 Å². The van der Waals surface area contributed by atoms with Gasteiger partial charge >= 0.3 is 0 Å². The molecule has 1 saturated heterocycles. The van der Waals surface area contributed by atoms with Gasteiger partial charge in [0.15, 0.2) is 0 Å². The van der Waals surface area contributed by atoms with Crippen LogP contribution in [0.2, 0.25) is 5.02 Å². The van der Waals surface area contributed by atoms with Crippen molar-refractivity contribution >= 4 is 23.2 Å². The standard InChI is InChI=1S/C21H22ClN3O/c1-15-2-4-16(5-3-15)14-24-21(26)17-8-10-25(11-9-17)20-7-6-19(22)12-18(20)13-23/h2-7,12,17H,8-11,14H2,1H3,(H,24,26). The first-order valence-corrected chi connectivity index (χ1v) is 9.22. The van der Waals surface area contributed by atoms with Gasteiger partial charge in [-0.25, -0.2) is 0 Å². The zero-order chi connectivity index (χ0) is 18.5. The van der Waals surface area contributed by atoms with Gasteiger partial charge in [-0.3, -0.25) is 4.79 Å². The number of carbonyl (C=O) groups excluding carboxylic acids is 1. The lowest BCUT2D eigenvalue weighted by atomic mass is 9.95. The van der Waals surface area contributed by atoms with Crippen molar-refractivity contribution < 1.29 is 4.79 Å². The van der Waals surface area contributed by atoms with Crippen molar-refractivity contribution in [3.05, 3.63) is 64.2 Å². The number of hydrogen-bond donors (Lipinski definition) is 1. The first-order chi connectivity index (χ1) is 12.6. The molecule has 4 nitrogen and oxygen atoms in total. The molecule has 0 spiro atoms. The van der Waals surface area contributed by atoms with Gasteiger partial charge in [-0.15, -0.1) is 0 Å². The Labute approximate surface area is 159 Å². The highest BCUT2D eigenvalue weighted by Gasteiger charge is 2.26. The molecule has 2 aromatic rings. The molecule has 0 aromatic heterocycles. The van der Waals surface area contributed by atoms with Crippen molar-refractivity contribution in [2.45, 2.75) is 26.3 Å². The van der Waals surface area contributed by atoms with Crippen molar-refractivity contribution in [3.8, 4) is 6.07 Å². The molecule has 134 valence electrons. The molecule has 1 N–H and O–H groups in total. The Kier molecular flexibility index (Phi) is 5.80. The largest absolute Gasteiger partial charge is 0.370 e. The van der Waals surface area contributed by atoms with Crippen LogP contribution in [0.4, 0.5) is 5.69 Å². The van der Waals surface area contributed by atoms with E-state index in [0.29, 0.717) is 17.1 Å². The lowest BCUT2D eigenvalue weighted by Crippen LogP contribution is -2.40. The molecule has 0 atom stereocenters. The zero-order valence-electron chi connectivity index (χ0n) is 14.8. The fourth-order valence-electron chi connectivity index (χ4n) is 3.30. The van der Waals surface area contributed by atoms with Crippen molar-refractivity contribution in [2.24, 2.45) is 5.92 Å². The summed E-state index contributed by atoms with van der Waals surface area (Å²) in [5.74, 6) is 0.136. The molecule has 1 heterocycles. The first kappa shape index (κ1) is 18.3. The van der Waals surface area contributed by atoms with E-state index in [1.54, 1.807) is 12.1 Å². The summed E-state index contributed by atoms with van der Waals surface area (Å²) >= 11 is 5.97. The Bertz CT molecular complexity index is 818. The van der Waals surface area contributed by atoms with Crippen molar-refractivity contribution in [2.75, 3.05) is 18.0 Å². The van der Waals surface area contributed by atoms with Gasteiger partial charge in [0.1, 0.15) is 6.07 Å². The minimum Gasteiger partial charge on any atom is -0.370 e. The summed E-state index contributed by atoms with van der Waals surface area (Å²) in [5.41, 5.74) is 3.81. The number of nitrogens with one attached hydrogen (secondary N) is 1. The van der Waals surface area contributed by atoms with Crippen molar-refractivity contribution in [1.82, 2.24) is 5.32 Å². The molecule has 3 rings (SSSR count). The van der Waals surface area contributed by atoms with E-state index in [0.717, 1.165) is 37.2 Å². The Morgan fingerprint density at radius 3 is 2.58 bits per heavy atom. The Morgan fingerprint density at radius 1 is 1.23 bits per heavy atom. The summed E-state index contributed by atoms with van der Waals surface area (Å²) in [7, 11) is 0. The van der Waals surface area contributed by atoms with E-state index in [-0.39, 0.29) is 11.8 Å². The number of halogens is 1. The normalized spacial score (nSPS) is 14.7. The van der Waals surface area contributed by atoms with Gasteiger partial charge in [0.05, 0.1) is 11.3 Å². The van der Waals surface area contributed by atoms with Gasteiger partial charge in [0.25, 0.3) is 0 Å². The van der Waals surface area contributed by atoms with E-state index >= 15 is 0 Å². The minimum absolute atomic E-state index is 0.0227. The van der Waals surface area contributed by atoms with Crippen LogP contribution in [-0.2, 0) is 11.3 Å². The third-order valence-corrected chi connectivity index (χ3v) is 5.11. The Hall–Kier alpha value is -2.51. The second-order valence-electron chi connectivity index (χ2n) is 6.74. The lowest BCUT2D eigenvalue weighted by Gasteiger charge is -2.33. The highest BCUT2D eigenvalue weighted by Crippen LogP contribution is 2.28. The summed E-state index contributed by atoms with van der Waals surface area (Å²) in [6, 6.07) is 15.8. The van der Waals surface area contributed by atoms with E-state index < -0.39 is 0 Å². The first-order valence-electron chi connectivity index (χ1n) is 8.84. The molecule has 1 aliphatic heterocycles. The molecule has 1 aliphatic rings. The molecule has 1 amide bonds. The van der Waals surface area contributed by atoms with Crippen LogP contribution in [0.1, 0.15) is 29.5 Å². The predicted molar refractivity (Wildman–Crippen MR) is 104 cm³/mol. The maximum absolute atomic E-state index is 12.4. The highest BCUT2D eigenvalue weighted by molar-refractivity contribution is 6.30. The number of amides is 1. The number of hydrogen-bond acceptors (Lipinski definition) is 3. The molecule has 0 unspecified atom stereocenters. The van der Waals surface area contributed by atoms with Gasteiger partial charge in [-0.2, -0.15) is 5.26 Å². The van der Waals surface area contributed by atoms with Gasteiger partial charge in [-0.1, -0.05) is 41.4 Å². The summed E-state index contributed by atoms with van der Waals surface area (Å²) in [6.45, 7) is 4.14. The number of carbonyl (C=O) groups is 1. The summed E-state index contributed by atoms with van der Waals surface area (Å²) < 4.78 is 0. The number of anilines is 1. The molecule has 0 bridgehead atoms. The molecular weight excluding hydrogens is 346 g/mol. The summed E-state index contributed by atoms with van der Waals surface area (Å²) in [4.78, 5) is 14.6. The lowest BCUT2D eigenvalue weighted by molar-refractivity contribution is -0.125. The van der Waals surface area contributed by atoms with Gasteiger partial charge in [0.2, 0.25) is 5.91 Å². The Morgan fingerprint density at radius 2 is 1.92 bits per heavy atom. The van der Waals surface area contributed by atoms with Crippen LogP contribution >= 0.6 is 11.6 Å². The van der Waals surface area contributed by atoms with Crippen LogP contribution in [0.15, 0.2) is 42.5 Å². The van der Waals surface area contributed by atoms with Crippen molar-refractivity contribution in [1.29, 1.82) is 5.26 Å². The average molecular weight is 368 g/mol. The molecule has 0 saturated carbocycles. The van der Waals surface area contributed by atoms with E-state index in [1.807, 2.05) is 18.2 Å². The average Bonchev–Trinajstić information content (AvgIpc) is 2.67. The maximum atomic E-state index is 12.4. The number of nitrogens with zero attached hydrogens (tertiary/aromatic N) is 2. The molecule has 5 heteroatoms. The third-order valence-electron chi connectivity index (χ3n) is 4.87. The molecular formula is C21H22ClN3O. The van der Waals surface area contributed by atoms with Crippen LogP contribution in [0.25, 0.3) is 0 Å². The number of piperidine rings is 1. The van der Waals surface area contributed by atoms with Crippen LogP contribution in [0.5, 0.6) is 0 Å². The van der Waals surface area contributed by atoms with E-state index in [2.05, 4.69) is 35.3 Å². The van der Waals surface area contributed by atoms with E-state index in [1.165, 1.54) is 5.56 Å². The van der Waals surface area contributed by atoms with E-state index in [4.69, 9.17) is 11.6 Å². The Balaban J connectivity index is 1.54. The van der Waals surface area contributed by atoms with Crippen molar-refractivity contribution in [3.63, 3.8) is 0 Å². The second-order valence-corrected chi connectivity index (χ2v) is 7.17. The molecule has 2 aromatic carbocycles. The van der Waals surface area contributed by atoms with Gasteiger partial charge < -0.3 is 10.2 Å². The summed E-state index contributed by atoms with van der Waals surface area (Å²) in [5, 5.41) is 12.9. The minimum atomic E-state index is 0.0227. The SMILES string of the molecule is Cc1ccc(CNC(=O)C2CCN(c3ccc(Cl)cc3C#N)CC2)cc1. The molecule has 1 fully saturated rings. The number of benzene rings is 2. The molecule has 0 aliphatic carbocycles. The number of aryl methyl sites for hydroxylation is 1. The zero-order valence-corrected chi connectivity index (χ0v) is 15.6. The summed E-state index contributed by atoms with van der Waals surface area (Å²) in [6.07, 6.45) is 1.57. The smallest absolute Gasteiger partial charge is 0.223 e. The third kappa shape index (κ3) is 4.36.